The van der Waals surface area contributed by atoms with E-state index in [1.54, 1.807) is 36.0 Å². The third-order valence-corrected chi connectivity index (χ3v) is 4.34. The average molecular weight is 356 g/mol. The number of aryl methyl sites for hydroxylation is 2. The van der Waals surface area contributed by atoms with E-state index in [2.05, 4.69) is 15.4 Å². The van der Waals surface area contributed by atoms with Crippen molar-refractivity contribution in [3.05, 3.63) is 42.0 Å². The van der Waals surface area contributed by atoms with Crippen LogP contribution in [0.1, 0.15) is 23.2 Å². The summed E-state index contributed by atoms with van der Waals surface area (Å²) >= 11 is 0. The van der Waals surface area contributed by atoms with Crippen LogP contribution >= 0.6 is 0 Å². The minimum atomic E-state index is -0.272. The number of para-hydroxylation sites is 1. The van der Waals surface area contributed by atoms with Gasteiger partial charge in [0.1, 0.15) is 11.6 Å². The van der Waals surface area contributed by atoms with Crippen molar-refractivity contribution in [1.82, 2.24) is 20.1 Å². The Bertz CT molecular complexity index is 932. The van der Waals surface area contributed by atoms with Crippen molar-refractivity contribution in [3.63, 3.8) is 0 Å². The fourth-order valence-corrected chi connectivity index (χ4v) is 3.03. The van der Waals surface area contributed by atoms with E-state index in [1.165, 1.54) is 0 Å². The molecule has 0 unspecified atom stereocenters. The van der Waals surface area contributed by atoms with Crippen LogP contribution in [-0.4, -0.2) is 46.0 Å². The average Bonchev–Trinajstić information content (AvgIpc) is 3.34. The van der Waals surface area contributed by atoms with Crippen molar-refractivity contribution >= 4 is 17.0 Å². The van der Waals surface area contributed by atoms with Gasteiger partial charge < -0.3 is 19.2 Å². The van der Waals surface area contributed by atoms with Crippen LogP contribution in [0.25, 0.3) is 11.1 Å². The molecule has 0 spiro atoms. The number of hydrogen-bond donors (Lipinski definition) is 1. The highest BCUT2D eigenvalue weighted by Crippen LogP contribution is 2.21. The quantitative estimate of drug-likeness (QED) is 0.751. The highest BCUT2D eigenvalue weighted by atomic mass is 16.5. The standard InChI is InChI=1S/C18H20N4O4/c1-3-22-8-12(7-19-22)26-16-10-24-9-14(16)21-18(23)13-5-4-6-15-17(13)20-11(2)25-15/h4-8,14,16H,3,9-10H2,1-2H3,(H,21,23)/t14-,16+/m0/s1. The highest BCUT2D eigenvalue weighted by molar-refractivity contribution is 6.04. The predicted molar refractivity (Wildman–Crippen MR) is 93.1 cm³/mol. The van der Waals surface area contributed by atoms with Gasteiger partial charge in [0.25, 0.3) is 5.91 Å². The van der Waals surface area contributed by atoms with E-state index in [9.17, 15) is 4.79 Å². The van der Waals surface area contributed by atoms with Crippen molar-refractivity contribution in [2.45, 2.75) is 32.5 Å². The van der Waals surface area contributed by atoms with Crippen LogP contribution in [0.15, 0.2) is 35.0 Å². The summed E-state index contributed by atoms with van der Waals surface area (Å²) in [7, 11) is 0. The zero-order chi connectivity index (χ0) is 18.1. The van der Waals surface area contributed by atoms with Gasteiger partial charge in [-0.25, -0.2) is 4.98 Å². The number of aromatic nitrogens is 3. The van der Waals surface area contributed by atoms with E-state index in [1.807, 2.05) is 13.1 Å². The number of hydrogen-bond acceptors (Lipinski definition) is 6. The lowest BCUT2D eigenvalue weighted by Crippen LogP contribution is -2.45. The SMILES string of the molecule is CCn1cc(O[C@@H]2COC[C@@H]2NC(=O)c2cccc3oc(C)nc23)cn1. The van der Waals surface area contributed by atoms with Gasteiger partial charge in [-0.15, -0.1) is 0 Å². The van der Waals surface area contributed by atoms with Crippen LogP contribution in [-0.2, 0) is 11.3 Å². The largest absolute Gasteiger partial charge is 0.482 e. The summed E-state index contributed by atoms with van der Waals surface area (Å²) in [5.41, 5.74) is 1.63. The lowest BCUT2D eigenvalue weighted by molar-refractivity contribution is 0.0905. The first-order chi connectivity index (χ1) is 12.6. The first-order valence-electron chi connectivity index (χ1n) is 8.58. The normalized spacial score (nSPS) is 19.8. The van der Waals surface area contributed by atoms with Gasteiger partial charge in [0.2, 0.25) is 0 Å². The molecule has 1 fully saturated rings. The molecular weight excluding hydrogens is 336 g/mol. The molecule has 2 aromatic heterocycles. The van der Waals surface area contributed by atoms with E-state index < -0.39 is 0 Å². The van der Waals surface area contributed by atoms with Gasteiger partial charge >= 0.3 is 0 Å². The Morgan fingerprint density at radius 1 is 1.42 bits per heavy atom. The third-order valence-electron chi connectivity index (χ3n) is 4.34. The number of amides is 1. The molecule has 1 aromatic carbocycles. The number of carbonyl (C=O) groups excluding carboxylic acids is 1. The molecule has 0 saturated carbocycles. The van der Waals surface area contributed by atoms with Crippen LogP contribution < -0.4 is 10.1 Å². The molecule has 1 saturated heterocycles. The fraction of sp³-hybridized carbons (Fsp3) is 0.389. The molecule has 136 valence electrons. The molecule has 0 radical (unpaired) electrons. The second kappa shape index (κ2) is 6.80. The highest BCUT2D eigenvalue weighted by Gasteiger charge is 2.32. The number of oxazole rings is 1. The molecule has 0 aliphatic carbocycles. The molecule has 3 aromatic rings. The van der Waals surface area contributed by atoms with E-state index in [4.69, 9.17) is 13.9 Å². The second-order valence-electron chi connectivity index (χ2n) is 6.19. The molecule has 3 heterocycles. The maximum atomic E-state index is 12.8. The van der Waals surface area contributed by atoms with Crippen molar-refractivity contribution in [3.8, 4) is 5.75 Å². The number of carbonyl (C=O) groups is 1. The van der Waals surface area contributed by atoms with Crippen molar-refractivity contribution in [1.29, 1.82) is 0 Å². The number of ether oxygens (including phenoxy) is 2. The van der Waals surface area contributed by atoms with Gasteiger partial charge in [-0.1, -0.05) is 6.07 Å². The smallest absolute Gasteiger partial charge is 0.254 e. The third kappa shape index (κ3) is 3.15. The molecule has 0 bridgehead atoms. The molecule has 1 amide bonds. The van der Waals surface area contributed by atoms with Gasteiger partial charge in [-0.05, 0) is 19.1 Å². The molecule has 4 rings (SSSR count). The van der Waals surface area contributed by atoms with Gasteiger partial charge in [-0.3, -0.25) is 9.48 Å². The molecule has 8 nitrogen and oxygen atoms in total. The molecule has 8 heteroatoms. The Morgan fingerprint density at radius 3 is 3.12 bits per heavy atom. The van der Waals surface area contributed by atoms with Crippen molar-refractivity contribution < 1.29 is 18.7 Å². The Hall–Kier alpha value is -2.87. The van der Waals surface area contributed by atoms with E-state index in [0.29, 0.717) is 41.5 Å². The van der Waals surface area contributed by atoms with Crippen LogP contribution in [0.5, 0.6) is 5.75 Å². The maximum absolute atomic E-state index is 12.8. The van der Waals surface area contributed by atoms with Crippen LogP contribution in [0.3, 0.4) is 0 Å². The molecular formula is C18H20N4O4. The Kier molecular flexibility index (Phi) is 4.34. The lowest BCUT2D eigenvalue weighted by Gasteiger charge is -2.19. The van der Waals surface area contributed by atoms with E-state index in [-0.39, 0.29) is 18.1 Å². The van der Waals surface area contributed by atoms with E-state index >= 15 is 0 Å². The first-order valence-corrected chi connectivity index (χ1v) is 8.58. The Labute approximate surface area is 150 Å². The maximum Gasteiger partial charge on any atom is 0.254 e. The summed E-state index contributed by atoms with van der Waals surface area (Å²) in [5, 5.41) is 7.18. The topological polar surface area (TPSA) is 91.4 Å². The number of nitrogens with zero attached hydrogens (tertiary/aromatic N) is 3. The Balaban J connectivity index is 1.49. The van der Waals surface area contributed by atoms with Gasteiger partial charge in [0.15, 0.2) is 17.2 Å². The zero-order valence-corrected chi connectivity index (χ0v) is 14.6. The Morgan fingerprint density at radius 2 is 2.31 bits per heavy atom. The molecule has 1 aliphatic rings. The van der Waals surface area contributed by atoms with Gasteiger partial charge in [0, 0.05) is 13.5 Å². The molecule has 2 atom stereocenters. The summed E-state index contributed by atoms with van der Waals surface area (Å²) in [6, 6.07) is 5.05. The second-order valence-corrected chi connectivity index (χ2v) is 6.19. The minimum Gasteiger partial charge on any atom is -0.482 e. The summed E-state index contributed by atoms with van der Waals surface area (Å²) in [6.07, 6.45) is 3.22. The van der Waals surface area contributed by atoms with Crippen LogP contribution in [0.2, 0.25) is 0 Å². The zero-order valence-electron chi connectivity index (χ0n) is 14.6. The van der Waals surface area contributed by atoms with Gasteiger partial charge in [-0.2, -0.15) is 5.10 Å². The fourth-order valence-electron chi connectivity index (χ4n) is 3.03. The first kappa shape index (κ1) is 16.6. The monoisotopic (exact) mass is 356 g/mol. The van der Waals surface area contributed by atoms with Crippen molar-refractivity contribution in [2.75, 3.05) is 13.2 Å². The lowest BCUT2D eigenvalue weighted by atomic mass is 10.1. The van der Waals surface area contributed by atoms with Crippen LogP contribution in [0, 0.1) is 6.92 Å². The molecule has 1 aliphatic heterocycles. The summed E-state index contributed by atoms with van der Waals surface area (Å²) < 4.78 is 18.7. The number of nitrogens with one attached hydrogen (secondary N) is 1. The molecule has 26 heavy (non-hydrogen) atoms. The van der Waals surface area contributed by atoms with Crippen LogP contribution in [0.4, 0.5) is 0 Å². The summed E-state index contributed by atoms with van der Waals surface area (Å²) in [5.74, 6) is 0.965. The summed E-state index contributed by atoms with van der Waals surface area (Å²) in [6.45, 7) is 5.34. The summed E-state index contributed by atoms with van der Waals surface area (Å²) in [4.78, 5) is 17.1. The van der Waals surface area contributed by atoms with Crippen molar-refractivity contribution in [2.24, 2.45) is 0 Å². The van der Waals surface area contributed by atoms with Gasteiger partial charge in [0.05, 0.1) is 37.2 Å². The van der Waals surface area contributed by atoms with E-state index in [0.717, 1.165) is 6.54 Å². The number of benzene rings is 1. The molecule has 1 N–H and O–H groups in total. The predicted octanol–water partition coefficient (Wildman–Crippen LogP) is 1.93. The number of rotatable bonds is 5. The number of fused-ring (bicyclic) bond motifs is 1. The minimum absolute atomic E-state index is 0.225.